The van der Waals surface area contributed by atoms with E-state index in [2.05, 4.69) is 31.5 Å². The SMILES string of the molecule is O=C(CCNc1cccc2cccnc12)Nc1ccc(Br)cc1. The standard InChI is InChI=1S/C18H16BrN3O/c19-14-6-8-15(9-7-14)22-17(23)10-12-20-16-5-1-3-13-4-2-11-21-18(13)16/h1-9,11,20H,10,12H2,(H,22,23). The number of amides is 1. The highest BCUT2D eigenvalue weighted by molar-refractivity contribution is 9.10. The molecule has 4 nitrogen and oxygen atoms in total. The number of carbonyl (C=O) groups excluding carboxylic acids is 1. The third-order valence-corrected chi connectivity index (χ3v) is 3.96. The van der Waals surface area contributed by atoms with E-state index in [4.69, 9.17) is 0 Å². The van der Waals surface area contributed by atoms with Crippen LogP contribution in [0.5, 0.6) is 0 Å². The first-order valence-corrected chi connectivity index (χ1v) is 8.15. The fourth-order valence-corrected chi connectivity index (χ4v) is 2.58. The number of hydrogen-bond acceptors (Lipinski definition) is 3. The van der Waals surface area contributed by atoms with E-state index in [9.17, 15) is 4.79 Å². The van der Waals surface area contributed by atoms with E-state index in [1.165, 1.54) is 0 Å². The minimum atomic E-state index is -0.0204. The van der Waals surface area contributed by atoms with E-state index >= 15 is 0 Å². The van der Waals surface area contributed by atoms with Crippen molar-refractivity contribution in [3.63, 3.8) is 0 Å². The second-order valence-electron chi connectivity index (χ2n) is 5.11. The van der Waals surface area contributed by atoms with Crippen LogP contribution in [0.3, 0.4) is 0 Å². The Morgan fingerprint density at radius 3 is 2.65 bits per heavy atom. The lowest BCUT2D eigenvalue weighted by molar-refractivity contribution is -0.115. The topological polar surface area (TPSA) is 54.0 Å². The summed E-state index contributed by atoms with van der Waals surface area (Å²) in [6, 6.07) is 17.4. The van der Waals surface area contributed by atoms with Crippen LogP contribution >= 0.6 is 15.9 Å². The first-order valence-electron chi connectivity index (χ1n) is 7.35. The van der Waals surface area contributed by atoms with Crippen molar-refractivity contribution in [2.75, 3.05) is 17.2 Å². The first kappa shape index (κ1) is 15.5. The van der Waals surface area contributed by atoms with E-state index in [1.807, 2.05) is 54.6 Å². The molecule has 5 heteroatoms. The van der Waals surface area contributed by atoms with Crippen molar-refractivity contribution in [1.29, 1.82) is 0 Å². The number of hydrogen-bond donors (Lipinski definition) is 2. The van der Waals surface area contributed by atoms with Crippen LogP contribution < -0.4 is 10.6 Å². The zero-order valence-electron chi connectivity index (χ0n) is 12.4. The molecule has 1 amide bonds. The van der Waals surface area contributed by atoms with Crippen LogP contribution in [-0.2, 0) is 4.79 Å². The molecule has 0 aliphatic rings. The molecule has 0 aliphatic heterocycles. The van der Waals surface area contributed by atoms with Crippen molar-refractivity contribution in [3.8, 4) is 0 Å². The normalized spacial score (nSPS) is 10.5. The average molecular weight is 370 g/mol. The molecule has 0 saturated heterocycles. The molecule has 0 fully saturated rings. The summed E-state index contributed by atoms with van der Waals surface area (Å²) in [6.07, 6.45) is 2.16. The van der Waals surface area contributed by atoms with Crippen LogP contribution in [0.2, 0.25) is 0 Å². The highest BCUT2D eigenvalue weighted by Gasteiger charge is 2.04. The second-order valence-corrected chi connectivity index (χ2v) is 6.03. The molecule has 1 heterocycles. The van der Waals surface area contributed by atoms with E-state index in [-0.39, 0.29) is 5.91 Å². The van der Waals surface area contributed by atoms with Gasteiger partial charge in [0, 0.05) is 34.7 Å². The Morgan fingerprint density at radius 2 is 1.83 bits per heavy atom. The Morgan fingerprint density at radius 1 is 1.04 bits per heavy atom. The van der Waals surface area contributed by atoms with Gasteiger partial charge in [-0.05, 0) is 36.4 Å². The van der Waals surface area contributed by atoms with Gasteiger partial charge in [0.05, 0.1) is 11.2 Å². The summed E-state index contributed by atoms with van der Waals surface area (Å²) in [5.74, 6) is -0.0204. The number of aromatic nitrogens is 1. The maximum absolute atomic E-state index is 12.0. The molecule has 3 rings (SSSR count). The molecular formula is C18H16BrN3O. The Bertz CT molecular complexity index is 813. The number of rotatable bonds is 5. The summed E-state index contributed by atoms with van der Waals surface area (Å²) < 4.78 is 0.987. The van der Waals surface area contributed by atoms with Crippen LogP contribution in [0.15, 0.2) is 65.3 Å². The molecular weight excluding hydrogens is 354 g/mol. The number of nitrogens with one attached hydrogen (secondary N) is 2. The lowest BCUT2D eigenvalue weighted by atomic mass is 10.2. The molecule has 2 N–H and O–H groups in total. The molecule has 0 saturated carbocycles. The lowest BCUT2D eigenvalue weighted by Crippen LogP contribution is -2.16. The number of pyridine rings is 1. The maximum atomic E-state index is 12.0. The van der Waals surface area contributed by atoms with E-state index in [1.54, 1.807) is 6.20 Å². The third kappa shape index (κ3) is 4.07. The molecule has 0 atom stereocenters. The second kappa shape index (κ2) is 7.24. The van der Waals surface area contributed by atoms with Crippen LogP contribution in [0.1, 0.15) is 6.42 Å². The lowest BCUT2D eigenvalue weighted by Gasteiger charge is -2.09. The van der Waals surface area contributed by atoms with Gasteiger partial charge >= 0.3 is 0 Å². The molecule has 1 aromatic heterocycles. The van der Waals surface area contributed by atoms with Crippen molar-refractivity contribution >= 4 is 44.1 Å². The molecule has 0 spiro atoms. The summed E-state index contributed by atoms with van der Waals surface area (Å²) in [7, 11) is 0. The average Bonchev–Trinajstić information content (AvgIpc) is 2.57. The zero-order valence-corrected chi connectivity index (χ0v) is 14.0. The van der Waals surface area contributed by atoms with Crippen LogP contribution in [-0.4, -0.2) is 17.4 Å². The summed E-state index contributed by atoms with van der Waals surface area (Å²) in [5.41, 5.74) is 2.66. The van der Waals surface area contributed by atoms with Crippen LogP contribution in [0.25, 0.3) is 10.9 Å². The fraction of sp³-hybridized carbons (Fsp3) is 0.111. The van der Waals surface area contributed by atoms with Gasteiger partial charge in [-0.15, -0.1) is 0 Å². The van der Waals surface area contributed by atoms with Crippen molar-refractivity contribution in [2.45, 2.75) is 6.42 Å². The first-order chi connectivity index (χ1) is 11.2. The molecule has 23 heavy (non-hydrogen) atoms. The van der Waals surface area contributed by atoms with Crippen LogP contribution in [0, 0.1) is 0 Å². The van der Waals surface area contributed by atoms with Crippen molar-refractivity contribution < 1.29 is 4.79 Å². The number of benzene rings is 2. The highest BCUT2D eigenvalue weighted by atomic mass is 79.9. The van der Waals surface area contributed by atoms with Gasteiger partial charge in [-0.1, -0.05) is 34.1 Å². The number of fused-ring (bicyclic) bond motifs is 1. The van der Waals surface area contributed by atoms with E-state index in [0.717, 1.165) is 26.8 Å². The number of anilines is 2. The Kier molecular flexibility index (Phi) is 4.88. The predicted octanol–water partition coefficient (Wildman–Crippen LogP) is 4.44. The molecule has 0 bridgehead atoms. The summed E-state index contributed by atoms with van der Waals surface area (Å²) >= 11 is 3.37. The minimum Gasteiger partial charge on any atom is -0.383 e. The number of para-hydroxylation sites is 1. The Labute approximate surface area is 143 Å². The summed E-state index contributed by atoms with van der Waals surface area (Å²) in [6.45, 7) is 0.554. The smallest absolute Gasteiger partial charge is 0.226 e. The van der Waals surface area contributed by atoms with Crippen molar-refractivity contribution in [1.82, 2.24) is 4.98 Å². The molecule has 3 aromatic rings. The molecule has 2 aromatic carbocycles. The predicted molar refractivity (Wildman–Crippen MR) is 97.6 cm³/mol. The van der Waals surface area contributed by atoms with Gasteiger partial charge in [-0.3, -0.25) is 9.78 Å². The van der Waals surface area contributed by atoms with Gasteiger partial charge < -0.3 is 10.6 Å². The van der Waals surface area contributed by atoms with Gasteiger partial charge in [-0.25, -0.2) is 0 Å². The van der Waals surface area contributed by atoms with Crippen molar-refractivity contribution in [3.05, 3.63) is 65.3 Å². The van der Waals surface area contributed by atoms with E-state index in [0.29, 0.717) is 13.0 Å². The monoisotopic (exact) mass is 369 g/mol. The van der Waals surface area contributed by atoms with Crippen molar-refractivity contribution in [2.24, 2.45) is 0 Å². The van der Waals surface area contributed by atoms with Gasteiger partial charge in [-0.2, -0.15) is 0 Å². The third-order valence-electron chi connectivity index (χ3n) is 3.43. The molecule has 116 valence electrons. The quantitative estimate of drug-likeness (QED) is 0.698. The molecule has 0 unspecified atom stereocenters. The summed E-state index contributed by atoms with van der Waals surface area (Å²) in [5, 5.41) is 7.24. The van der Waals surface area contributed by atoms with Gasteiger partial charge in [0.1, 0.15) is 0 Å². The number of carbonyl (C=O) groups is 1. The minimum absolute atomic E-state index is 0.0204. The van der Waals surface area contributed by atoms with Gasteiger partial charge in [0.15, 0.2) is 0 Å². The number of halogens is 1. The molecule has 0 radical (unpaired) electrons. The highest BCUT2D eigenvalue weighted by Crippen LogP contribution is 2.20. The van der Waals surface area contributed by atoms with Gasteiger partial charge in [0.25, 0.3) is 0 Å². The molecule has 0 aliphatic carbocycles. The largest absolute Gasteiger partial charge is 0.383 e. The fourth-order valence-electron chi connectivity index (χ4n) is 2.31. The maximum Gasteiger partial charge on any atom is 0.226 e. The Hall–Kier alpha value is -2.40. The van der Waals surface area contributed by atoms with E-state index < -0.39 is 0 Å². The number of nitrogens with zero attached hydrogens (tertiary/aromatic N) is 1. The zero-order chi connectivity index (χ0) is 16.1. The Balaban J connectivity index is 1.56. The van der Waals surface area contributed by atoms with Crippen LogP contribution in [0.4, 0.5) is 11.4 Å². The van der Waals surface area contributed by atoms with Gasteiger partial charge in [0.2, 0.25) is 5.91 Å². The summed E-state index contributed by atoms with van der Waals surface area (Å²) in [4.78, 5) is 16.4.